The van der Waals surface area contributed by atoms with Gasteiger partial charge in [-0.2, -0.15) is 0 Å². The van der Waals surface area contributed by atoms with E-state index in [0.29, 0.717) is 0 Å². The summed E-state index contributed by atoms with van der Waals surface area (Å²) in [5.74, 6) is 0.952. The van der Waals surface area contributed by atoms with Gasteiger partial charge in [-0.05, 0) is 31.0 Å². The van der Waals surface area contributed by atoms with E-state index in [9.17, 15) is 0 Å². The first-order chi connectivity index (χ1) is 8.63. The average Bonchev–Trinajstić information content (AvgIpc) is 2.40. The molecule has 1 aromatic rings. The minimum Gasteiger partial charge on any atom is -0.496 e. The third-order valence-corrected chi connectivity index (χ3v) is 4.17. The summed E-state index contributed by atoms with van der Waals surface area (Å²) in [5, 5.41) is 4.23. The van der Waals surface area contributed by atoms with Crippen LogP contribution >= 0.6 is 11.6 Å². The van der Waals surface area contributed by atoms with Crippen molar-refractivity contribution in [3.63, 3.8) is 0 Å². The van der Waals surface area contributed by atoms with E-state index in [1.807, 2.05) is 13.0 Å². The first-order valence-corrected chi connectivity index (χ1v) is 6.77. The van der Waals surface area contributed by atoms with Crippen LogP contribution < -0.4 is 10.1 Å². The molecule has 0 aliphatic carbocycles. The molecule has 0 amide bonds. The molecule has 1 fully saturated rings. The molecule has 0 unspecified atom stereocenters. The molecule has 1 heterocycles. The molecular formula is C14H21ClN2O. The van der Waals surface area contributed by atoms with E-state index in [1.54, 1.807) is 7.11 Å². The van der Waals surface area contributed by atoms with Crippen molar-refractivity contribution >= 4 is 11.6 Å². The molecule has 0 radical (unpaired) electrons. The van der Waals surface area contributed by atoms with Crippen molar-refractivity contribution in [1.29, 1.82) is 0 Å². The van der Waals surface area contributed by atoms with Crippen LogP contribution in [-0.2, 0) is 6.54 Å². The highest BCUT2D eigenvalue weighted by atomic mass is 35.5. The van der Waals surface area contributed by atoms with Crippen molar-refractivity contribution in [2.24, 2.45) is 0 Å². The zero-order valence-corrected chi connectivity index (χ0v) is 12.1. The van der Waals surface area contributed by atoms with E-state index < -0.39 is 0 Å². The highest BCUT2D eigenvalue weighted by molar-refractivity contribution is 6.32. The van der Waals surface area contributed by atoms with Crippen LogP contribution in [0, 0.1) is 13.8 Å². The van der Waals surface area contributed by atoms with Gasteiger partial charge < -0.3 is 10.1 Å². The summed E-state index contributed by atoms with van der Waals surface area (Å²) in [6.07, 6.45) is 0. The molecule has 1 N–H and O–H groups in total. The second-order valence-corrected chi connectivity index (χ2v) is 5.22. The van der Waals surface area contributed by atoms with Crippen LogP contribution in [0.2, 0.25) is 5.02 Å². The quantitative estimate of drug-likeness (QED) is 0.911. The number of halogens is 1. The van der Waals surface area contributed by atoms with Gasteiger partial charge in [-0.15, -0.1) is 0 Å². The summed E-state index contributed by atoms with van der Waals surface area (Å²) in [4.78, 5) is 2.44. The van der Waals surface area contributed by atoms with Gasteiger partial charge in [0.25, 0.3) is 0 Å². The largest absolute Gasteiger partial charge is 0.496 e. The van der Waals surface area contributed by atoms with Gasteiger partial charge in [0.15, 0.2) is 0 Å². The predicted molar refractivity (Wildman–Crippen MR) is 75.6 cm³/mol. The molecule has 3 nitrogen and oxygen atoms in total. The lowest BCUT2D eigenvalue weighted by Gasteiger charge is -2.28. The second-order valence-electron chi connectivity index (χ2n) is 4.84. The Morgan fingerprint density at radius 1 is 1.33 bits per heavy atom. The second kappa shape index (κ2) is 5.91. The van der Waals surface area contributed by atoms with Gasteiger partial charge >= 0.3 is 0 Å². The highest BCUT2D eigenvalue weighted by Crippen LogP contribution is 2.32. The first kappa shape index (κ1) is 13.7. The van der Waals surface area contributed by atoms with E-state index >= 15 is 0 Å². The summed E-state index contributed by atoms with van der Waals surface area (Å²) >= 11 is 6.34. The number of benzene rings is 1. The lowest BCUT2D eigenvalue weighted by molar-refractivity contribution is 0.229. The summed E-state index contributed by atoms with van der Waals surface area (Å²) < 4.78 is 5.50. The van der Waals surface area contributed by atoms with Crippen LogP contribution in [0.5, 0.6) is 5.75 Å². The van der Waals surface area contributed by atoms with E-state index in [2.05, 4.69) is 17.1 Å². The van der Waals surface area contributed by atoms with Gasteiger partial charge in [0.2, 0.25) is 0 Å². The zero-order valence-electron chi connectivity index (χ0n) is 11.3. The molecule has 2 rings (SSSR count). The van der Waals surface area contributed by atoms with Crippen molar-refractivity contribution < 1.29 is 4.74 Å². The SMILES string of the molecule is COc1cc(C)c(Cl)c(C)c1CN1CCNCC1. The molecule has 1 aliphatic heterocycles. The Bertz CT molecular complexity index is 428. The standard InChI is InChI=1S/C14H21ClN2O/c1-10-8-13(18-3)12(11(2)14(10)15)9-17-6-4-16-5-7-17/h8,16H,4-7,9H2,1-3H3. The van der Waals surface area contributed by atoms with Gasteiger partial charge in [-0.25, -0.2) is 0 Å². The number of nitrogens with one attached hydrogen (secondary N) is 1. The summed E-state index contributed by atoms with van der Waals surface area (Å²) in [5.41, 5.74) is 3.44. The van der Waals surface area contributed by atoms with Crippen LogP contribution in [0.3, 0.4) is 0 Å². The number of aryl methyl sites for hydroxylation is 1. The van der Waals surface area contributed by atoms with E-state index in [-0.39, 0.29) is 0 Å². The van der Waals surface area contributed by atoms with E-state index in [1.165, 1.54) is 5.56 Å². The molecular weight excluding hydrogens is 248 g/mol. The van der Waals surface area contributed by atoms with Crippen LogP contribution in [0.4, 0.5) is 0 Å². The molecule has 18 heavy (non-hydrogen) atoms. The molecule has 1 saturated heterocycles. The molecule has 0 spiro atoms. The maximum Gasteiger partial charge on any atom is 0.123 e. The highest BCUT2D eigenvalue weighted by Gasteiger charge is 2.17. The Kier molecular flexibility index (Phi) is 4.49. The van der Waals surface area contributed by atoms with Crippen molar-refractivity contribution in [3.05, 3.63) is 27.8 Å². The van der Waals surface area contributed by atoms with Crippen LogP contribution in [0.25, 0.3) is 0 Å². The number of ether oxygens (including phenoxy) is 1. The molecule has 100 valence electrons. The lowest BCUT2D eigenvalue weighted by atomic mass is 10.0. The Hall–Kier alpha value is -0.770. The molecule has 0 aromatic heterocycles. The Balaban J connectivity index is 2.27. The summed E-state index contributed by atoms with van der Waals surface area (Å²) in [6, 6.07) is 2.03. The fourth-order valence-electron chi connectivity index (χ4n) is 2.43. The van der Waals surface area contributed by atoms with Crippen LogP contribution in [0.15, 0.2) is 6.07 Å². The van der Waals surface area contributed by atoms with Crippen molar-refractivity contribution in [2.75, 3.05) is 33.3 Å². The molecule has 0 bridgehead atoms. The fraction of sp³-hybridized carbons (Fsp3) is 0.571. The predicted octanol–water partition coefficient (Wildman–Crippen LogP) is 2.37. The monoisotopic (exact) mass is 268 g/mol. The number of methoxy groups -OCH3 is 1. The maximum absolute atomic E-state index is 6.34. The van der Waals surface area contributed by atoms with E-state index in [0.717, 1.165) is 54.6 Å². The Morgan fingerprint density at radius 2 is 2.00 bits per heavy atom. The summed E-state index contributed by atoms with van der Waals surface area (Å²) in [6.45, 7) is 9.28. The third-order valence-electron chi connectivity index (χ3n) is 3.58. The molecule has 0 atom stereocenters. The summed E-state index contributed by atoms with van der Waals surface area (Å²) in [7, 11) is 1.73. The smallest absolute Gasteiger partial charge is 0.123 e. The number of nitrogens with zero attached hydrogens (tertiary/aromatic N) is 1. The topological polar surface area (TPSA) is 24.5 Å². The molecule has 4 heteroatoms. The van der Waals surface area contributed by atoms with Gasteiger partial charge in [0.05, 0.1) is 7.11 Å². The van der Waals surface area contributed by atoms with Crippen LogP contribution in [0.1, 0.15) is 16.7 Å². The first-order valence-electron chi connectivity index (χ1n) is 6.39. The Labute approximate surface area is 114 Å². The minimum atomic E-state index is 0.862. The fourth-order valence-corrected chi connectivity index (χ4v) is 2.60. The number of rotatable bonds is 3. The maximum atomic E-state index is 6.34. The lowest BCUT2D eigenvalue weighted by Crippen LogP contribution is -2.43. The van der Waals surface area contributed by atoms with Gasteiger partial charge in [0.1, 0.15) is 5.75 Å². The molecule has 1 aromatic carbocycles. The zero-order chi connectivity index (χ0) is 13.1. The van der Waals surface area contributed by atoms with Crippen molar-refractivity contribution in [3.8, 4) is 5.75 Å². The van der Waals surface area contributed by atoms with E-state index in [4.69, 9.17) is 16.3 Å². The number of hydrogen-bond donors (Lipinski definition) is 1. The van der Waals surface area contributed by atoms with Crippen molar-refractivity contribution in [1.82, 2.24) is 10.2 Å². The molecule has 1 aliphatic rings. The average molecular weight is 269 g/mol. The normalized spacial score (nSPS) is 16.9. The van der Waals surface area contributed by atoms with Crippen molar-refractivity contribution in [2.45, 2.75) is 20.4 Å². The third kappa shape index (κ3) is 2.79. The van der Waals surface area contributed by atoms with Gasteiger partial charge in [-0.1, -0.05) is 11.6 Å². The minimum absolute atomic E-state index is 0.862. The van der Waals surface area contributed by atoms with Crippen LogP contribution in [-0.4, -0.2) is 38.2 Å². The number of hydrogen-bond acceptors (Lipinski definition) is 3. The van der Waals surface area contributed by atoms with Gasteiger partial charge in [0, 0.05) is 43.3 Å². The Morgan fingerprint density at radius 3 is 2.61 bits per heavy atom. The molecule has 0 saturated carbocycles. The van der Waals surface area contributed by atoms with Gasteiger partial charge in [-0.3, -0.25) is 4.90 Å². The number of piperazine rings is 1.